The van der Waals surface area contributed by atoms with Crippen LogP contribution in [0.3, 0.4) is 0 Å². The van der Waals surface area contributed by atoms with Gasteiger partial charge in [-0.15, -0.1) is 11.3 Å². The zero-order valence-electron chi connectivity index (χ0n) is 9.14. The third kappa shape index (κ3) is 4.44. The Balaban J connectivity index is 2.18. The average molecular weight is 241 g/mol. The zero-order valence-corrected chi connectivity index (χ0v) is 9.96. The number of nitrogens with two attached hydrogens (primary N) is 1. The van der Waals surface area contributed by atoms with Crippen LogP contribution in [0.15, 0.2) is 17.5 Å². The van der Waals surface area contributed by atoms with Gasteiger partial charge in [-0.1, -0.05) is 6.07 Å². The van der Waals surface area contributed by atoms with E-state index in [9.17, 15) is 9.59 Å². The summed E-state index contributed by atoms with van der Waals surface area (Å²) < 4.78 is 4.82. The first-order valence-electron chi connectivity index (χ1n) is 5.11. The van der Waals surface area contributed by atoms with Crippen molar-refractivity contribution < 1.29 is 14.3 Å². The molecule has 0 fully saturated rings. The van der Waals surface area contributed by atoms with Gasteiger partial charge < -0.3 is 10.5 Å². The van der Waals surface area contributed by atoms with Crippen LogP contribution in [0.2, 0.25) is 0 Å². The molecule has 88 valence electrons. The molecule has 0 aromatic carbocycles. The van der Waals surface area contributed by atoms with Gasteiger partial charge in [0.25, 0.3) is 5.91 Å². The molecule has 0 spiro atoms. The van der Waals surface area contributed by atoms with E-state index in [0.717, 1.165) is 12.8 Å². The summed E-state index contributed by atoms with van der Waals surface area (Å²) in [7, 11) is 0. The fourth-order valence-electron chi connectivity index (χ4n) is 1.18. The highest BCUT2D eigenvalue weighted by Crippen LogP contribution is 2.12. The zero-order chi connectivity index (χ0) is 12.0. The van der Waals surface area contributed by atoms with Crippen molar-refractivity contribution in [1.82, 2.24) is 0 Å². The van der Waals surface area contributed by atoms with Crippen LogP contribution in [0.25, 0.3) is 0 Å². The largest absolute Gasteiger partial charge is 0.453 e. The predicted molar refractivity (Wildman–Crippen MR) is 62.0 cm³/mol. The summed E-state index contributed by atoms with van der Waals surface area (Å²) in [6.07, 6.45) is 1.06. The molecule has 0 radical (unpaired) electrons. The van der Waals surface area contributed by atoms with E-state index in [4.69, 9.17) is 10.5 Å². The smallest absolute Gasteiger partial charge is 0.306 e. The molecule has 1 unspecified atom stereocenters. The second-order valence-corrected chi connectivity index (χ2v) is 4.50. The van der Waals surface area contributed by atoms with E-state index < -0.39 is 12.0 Å². The number of thiophene rings is 1. The molecule has 0 saturated heterocycles. The van der Waals surface area contributed by atoms with E-state index >= 15 is 0 Å². The molecule has 1 rings (SSSR count). The quantitative estimate of drug-likeness (QED) is 0.767. The van der Waals surface area contributed by atoms with Crippen LogP contribution in [0, 0.1) is 0 Å². The number of primary amides is 1. The molecule has 0 bridgehead atoms. The van der Waals surface area contributed by atoms with Crippen molar-refractivity contribution >= 4 is 23.2 Å². The molecule has 16 heavy (non-hydrogen) atoms. The Hall–Kier alpha value is -1.36. The van der Waals surface area contributed by atoms with Crippen LogP contribution < -0.4 is 5.73 Å². The number of hydrogen-bond donors (Lipinski definition) is 1. The topological polar surface area (TPSA) is 69.4 Å². The number of carbonyl (C=O) groups excluding carboxylic acids is 2. The third-order valence-electron chi connectivity index (χ3n) is 2.09. The van der Waals surface area contributed by atoms with Crippen LogP contribution in [0.4, 0.5) is 0 Å². The minimum Gasteiger partial charge on any atom is -0.453 e. The van der Waals surface area contributed by atoms with Gasteiger partial charge in [0.15, 0.2) is 6.10 Å². The van der Waals surface area contributed by atoms with Crippen LogP contribution in [0.5, 0.6) is 0 Å². The summed E-state index contributed by atoms with van der Waals surface area (Å²) in [5.74, 6) is -0.991. The second kappa shape index (κ2) is 6.27. The lowest BCUT2D eigenvalue weighted by Crippen LogP contribution is -2.30. The maximum atomic E-state index is 11.3. The summed E-state index contributed by atoms with van der Waals surface area (Å²) in [5, 5.41) is 2.00. The first kappa shape index (κ1) is 12.7. The van der Waals surface area contributed by atoms with Crippen molar-refractivity contribution in [1.29, 1.82) is 0 Å². The van der Waals surface area contributed by atoms with E-state index in [1.54, 1.807) is 11.3 Å². The maximum Gasteiger partial charge on any atom is 0.306 e. The highest BCUT2D eigenvalue weighted by Gasteiger charge is 2.13. The van der Waals surface area contributed by atoms with Crippen molar-refractivity contribution in [2.75, 3.05) is 0 Å². The fraction of sp³-hybridized carbons (Fsp3) is 0.455. The molecule has 0 aliphatic carbocycles. The molecular weight excluding hydrogens is 226 g/mol. The number of carbonyl (C=O) groups is 2. The lowest BCUT2D eigenvalue weighted by Gasteiger charge is -2.08. The Morgan fingerprint density at radius 2 is 2.31 bits per heavy atom. The minimum atomic E-state index is -0.839. The molecule has 0 saturated carbocycles. The average Bonchev–Trinajstić information content (AvgIpc) is 2.70. The summed E-state index contributed by atoms with van der Waals surface area (Å²) >= 11 is 1.67. The predicted octanol–water partition coefficient (Wildman–Crippen LogP) is 1.49. The SMILES string of the molecule is CC(OC(=O)CCCc1cccs1)C(N)=O. The third-order valence-corrected chi connectivity index (χ3v) is 3.03. The highest BCUT2D eigenvalue weighted by molar-refractivity contribution is 7.09. The Kier molecular flexibility index (Phi) is 4.98. The van der Waals surface area contributed by atoms with Crippen LogP contribution in [-0.2, 0) is 20.7 Å². The molecule has 4 nitrogen and oxygen atoms in total. The molecule has 1 atom stereocenters. The number of amides is 1. The van der Waals surface area contributed by atoms with E-state index in [1.165, 1.54) is 11.8 Å². The van der Waals surface area contributed by atoms with Gasteiger partial charge in [-0.25, -0.2) is 0 Å². The molecule has 2 N–H and O–H groups in total. The van der Waals surface area contributed by atoms with Gasteiger partial charge in [-0.2, -0.15) is 0 Å². The van der Waals surface area contributed by atoms with Crippen molar-refractivity contribution in [2.24, 2.45) is 5.73 Å². The Morgan fingerprint density at radius 1 is 1.56 bits per heavy atom. The summed E-state index contributed by atoms with van der Waals surface area (Å²) in [6.45, 7) is 1.47. The standard InChI is InChI=1S/C11H15NO3S/c1-8(11(12)14)15-10(13)6-2-4-9-5-3-7-16-9/h3,5,7-8H,2,4,6H2,1H3,(H2,12,14). The van der Waals surface area contributed by atoms with Gasteiger partial charge in [-0.3, -0.25) is 9.59 Å². The summed E-state index contributed by atoms with van der Waals surface area (Å²) in [6, 6.07) is 4.01. The second-order valence-electron chi connectivity index (χ2n) is 3.47. The summed E-state index contributed by atoms with van der Waals surface area (Å²) in [5.41, 5.74) is 4.98. The Labute approximate surface area is 98.4 Å². The van der Waals surface area contributed by atoms with Gasteiger partial charge in [0, 0.05) is 11.3 Å². The van der Waals surface area contributed by atoms with Crippen LogP contribution >= 0.6 is 11.3 Å². The molecule has 0 aliphatic heterocycles. The van der Waals surface area contributed by atoms with E-state index in [0.29, 0.717) is 6.42 Å². The van der Waals surface area contributed by atoms with Crippen molar-refractivity contribution in [3.05, 3.63) is 22.4 Å². The monoisotopic (exact) mass is 241 g/mol. The normalized spacial score (nSPS) is 12.1. The van der Waals surface area contributed by atoms with Gasteiger partial charge >= 0.3 is 5.97 Å². The van der Waals surface area contributed by atoms with E-state index in [2.05, 4.69) is 0 Å². The highest BCUT2D eigenvalue weighted by atomic mass is 32.1. The Morgan fingerprint density at radius 3 is 2.88 bits per heavy atom. The number of hydrogen-bond acceptors (Lipinski definition) is 4. The lowest BCUT2D eigenvalue weighted by atomic mass is 10.2. The number of aryl methyl sites for hydroxylation is 1. The first-order chi connectivity index (χ1) is 7.59. The molecule has 1 aromatic heterocycles. The van der Waals surface area contributed by atoms with Gasteiger partial charge in [0.1, 0.15) is 0 Å². The molecule has 1 heterocycles. The van der Waals surface area contributed by atoms with Gasteiger partial charge in [0.05, 0.1) is 0 Å². The maximum absolute atomic E-state index is 11.3. The van der Waals surface area contributed by atoms with E-state index in [-0.39, 0.29) is 5.97 Å². The van der Waals surface area contributed by atoms with Crippen molar-refractivity contribution in [3.63, 3.8) is 0 Å². The van der Waals surface area contributed by atoms with Crippen LogP contribution in [-0.4, -0.2) is 18.0 Å². The van der Waals surface area contributed by atoms with Crippen molar-refractivity contribution in [2.45, 2.75) is 32.3 Å². The van der Waals surface area contributed by atoms with Gasteiger partial charge in [0.2, 0.25) is 0 Å². The molecule has 5 heteroatoms. The van der Waals surface area contributed by atoms with E-state index in [1.807, 2.05) is 17.5 Å². The first-order valence-corrected chi connectivity index (χ1v) is 5.98. The lowest BCUT2D eigenvalue weighted by molar-refractivity contribution is -0.153. The summed E-state index contributed by atoms with van der Waals surface area (Å²) in [4.78, 5) is 23.1. The molecule has 1 aromatic rings. The Bertz CT molecular complexity index is 348. The van der Waals surface area contributed by atoms with Crippen molar-refractivity contribution in [3.8, 4) is 0 Å². The minimum absolute atomic E-state index is 0.315. The fourth-order valence-corrected chi connectivity index (χ4v) is 1.93. The number of rotatable bonds is 6. The molecular formula is C11H15NO3S. The number of esters is 1. The van der Waals surface area contributed by atoms with Gasteiger partial charge in [-0.05, 0) is 31.2 Å². The van der Waals surface area contributed by atoms with Crippen LogP contribution in [0.1, 0.15) is 24.6 Å². The molecule has 1 amide bonds. The molecule has 0 aliphatic rings. The number of ether oxygens (including phenoxy) is 1.